The van der Waals surface area contributed by atoms with Gasteiger partial charge < -0.3 is 10.1 Å². The van der Waals surface area contributed by atoms with E-state index in [1.807, 2.05) is 23.8 Å². The number of hydrogen-bond donors (Lipinski definition) is 1. The van der Waals surface area contributed by atoms with Crippen LogP contribution in [0.5, 0.6) is 5.75 Å². The van der Waals surface area contributed by atoms with Crippen LogP contribution in [0.3, 0.4) is 0 Å². The van der Waals surface area contributed by atoms with E-state index in [2.05, 4.69) is 21.2 Å². The van der Waals surface area contributed by atoms with E-state index < -0.39 is 0 Å². The number of benzene rings is 1. The lowest BCUT2D eigenvalue weighted by atomic mass is 10.2. The molecule has 0 spiro atoms. The van der Waals surface area contributed by atoms with E-state index in [-0.39, 0.29) is 5.91 Å². The molecule has 1 N–H and O–H groups in total. The van der Waals surface area contributed by atoms with Crippen molar-refractivity contribution in [1.29, 1.82) is 0 Å². The molecule has 2 rings (SSSR count). The summed E-state index contributed by atoms with van der Waals surface area (Å²) in [4.78, 5) is 12.0. The van der Waals surface area contributed by atoms with E-state index >= 15 is 0 Å². The Morgan fingerprint density at radius 3 is 2.95 bits per heavy atom. The number of ether oxygens (including phenoxy) is 1. The lowest BCUT2D eigenvalue weighted by Gasteiger charge is -2.13. The predicted octanol–water partition coefficient (Wildman–Crippen LogP) is 4.74. The minimum absolute atomic E-state index is 0.0986. The highest BCUT2D eigenvalue weighted by Gasteiger charge is 2.13. The van der Waals surface area contributed by atoms with Gasteiger partial charge in [-0.2, -0.15) is 11.3 Å². The van der Waals surface area contributed by atoms with Gasteiger partial charge in [0.2, 0.25) is 5.91 Å². The molecule has 0 saturated carbocycles. The van der Waals surface area contributed by atoms with Crippen LogP contribution in [0, 0.1) is 0 Å². The Kier molecular flexibility index (Phi) is 5.46. The van der Waals surface area contributed by atoms with Gasteiger partial charge in [-0.25, -0.2) is 0 Å². The minimum atomic E-state index is -0.0986. The number of rotatable bonds is 5. The maximum Gasteiger partial charge on any atom is 0.228 e. The van der Waals surface area contributed by atoms with Gasteiger partial charge in [-0.15, -0.1) is 0 Å². The van der Waals surface area contributed by atoms with Gasteiger partial charge in [0.1, 0.15) is 0 Å². The summed E-state index contributed by atoms with van der Waals surface area (Å²) < 4.78 is 6.26. The second kappa shape index (κ2) is 7.11. The second-order valence-corrected chi connectivity index (χ2v) is 6.12. The number of hydrogen-bond acceptors (Lipinski definition) is 3. The van der Waals surface area contributed by atoms with Crippen LogP contribution in [0.4, 0.5) is 5.69 Å². The summed E-state index contributed by atoms with van der Waals surface area (Å²) >= 11 is 11.0. The van der Waals surface area contributed by atoms with E-state index in [0.717, 1.165) is 10.0 Å². The maximum atomic E-state index is 12.0. The van der Waals surface area contributed by atoms with Crippen LogP contribution < -0.4 is 10.1 Å². The molecule has 0 saturated heterocycles. The van der Waals surface area contributed by atoms with Crippen LogP contribution in [-0.4, -0.2) is 12.5 Å². The monoisotopic (exact) mass is 373 g/mol. The highest BCUT2D eigenvalue weighted by molar-refractivity contribution is 9.10. The molecule has 2 aromatic rings. The van der Waals surface area contributed by atoms with Gasteiger partial charge in [-0.1, -0.05) is 11.6 Å². The van der Waals surface area contributed by atoms with Gasteiger partial charge in [0, 0.05) is 5.02 Å². The average molecular weight is 375 g/mol. The smallest absolute Gasteiger partial charge is 0.228 e. The fourth-order valence-corrected chi connectivity index (χ4v) is 3.31. The van der Waals surface area contributed by atoms with Crippen molar-refractivity contribution in [1.82, 2.24) is 0 Å². The summed E-state index contributed by atoms with van der Waals surface area (Å²) in [5.41, 5.74) is 1.57. The number of nitrogens with one attached hydrogen (secondary N) is 1. The van der Waals surface area contributed by atoms with Crippen molar-refractivity contribution >= 4 is 50.5 Å². The number of anilines is 1. The van der Waals surface area contributed by atoms with Crippen molar-refractivity contribution < 1.29 is 9.53 Å². The van der Waals surface area contributed by atoms with Crippen LogP contribution in [0.2, 0.25) is 5.02 Å². The third-order valence-electron chi connectivity index (χ3n) is 2.52. The van der Waals surface area contributed by atoms with Gasteiger partial charge in [0.05, 0.1) is 23.2 Å². The van der Waals surface area contributed by atoms with Gasteiger partial charge in [-0.05, 0) is 57.4 Å². The Hall–Kier alpha value is -1.04. The largest absolute Gasteiger partial charge is 0.491 e. The molecule has 0 fully saturated rings. The Morgan fingerprint density at radius 1 is 1.50 bits per heavy atom. The molecule has 1 heterocycles. The Labute approximate surface area is 135 Å². The standard InChI is InChI=1S/C14H13BrClNO2S/c1-2-19-14-11(15)6-10(16)7-12(14)17-13(18)5-9-3-4-20-8-9/h3-4,6-8H,2,5H2,1H3,(H,17,18). The first-order valence-corrected chi connectivity index (χ1v) is 8.14. The van der Waals surface area contributed by atoms with Crippen molar-refractivity contribution in [3.05, 3.63) is 44.0 Å². The summed E-state index contributed by atoms with van der Waals surface area (Å²) in [6.07, 6.45) is 0.333. The summed E-state index contributed by atoms with van der Waals surface area (Å²) in [6.45, 7) is 2.39. The molecule has 106 valence electrons. The van der Waals surface area contributed by atoms with E-state index in [9.17, 15) is 4.79 Å². The molecule has 0 radical (unpaired) electrons. The first-order valence-electron chi connectivity index (χ1n) is 6.03. The topological polar surface area (TPSA) is 38.3 Å². The SMILES string of the molecule is CCOc1c(Br)cc(Cl)cc1NC(=O)Cc1ccsc1. The summed E-state index contributed by atoms with van der Waals surface area (Å²) in [6, 6.07) is 5.35. The molecular formula is C14H13BrClNO2S. The number of halogens is 2. The summed E-state index contributed by atoms with van der Waals surface area (Å²) in [7, 11) is 0. The molecule has 0 aliphatic carbocycles. The molecule has 0 bridgehead atoms. The number of thiophene rings is 1. The zero-order valence-electron chi connectivity index (χ0n) is 10.8. The van der Waals surface area contributed by atoms with E-state index in [4.69, 9.17) is 16.3 Å². The molecule has 0 aliphatic heterocycles. The summed E-state index contributed by atoms with van der Waals surface area (Å²) in [5, 5.41) is 7.28. The van der Waals surface area contributed by atoms with Crippen molar-refractivity contribution in [3.63, 3.8) is 0 Å². The van der Waals surface area contributed by atoms with Crippen molar-refractivity contribution in [2.45, 2.75) is 13.3 Å². The van der Waals surface area contributed by atoms with Crippen LogP contribution in [-0.2, 0) is 11.2 Å². The van der Waals surface area contributed by atoms with Crippen LogP contribution in [0.1, 0.15) is 12.5 Å². The zero-order valence-corrected chi connectivity index (χ0v) is 13.9. The zero-order chi connectivity index (χ0) is 14.5. The number of carbonyl (C=O) groups is 1. The van der Waals surface area contributed by atoms with Crippen LogP contribution in [0.25, 0.3) is 0 Å². The van der Waals surface area contributed by atoms with Gasteiger partial charge in [0.25, 0.3) is 0 Å². The third kappa shape index (κ3) is 3.98. The molecule has 1 aromatic heterocycles. The number of carbonyl (C=O) groups excluding carboxylic acids is 1. The molecular weight excluding hydrogens is 362 g/mol. The molecule has 6 heteroatoms. The molecule has 3 nitrogen and oxygen atoms in total. The van der Waals surface area contributed by atoms with Crippen molar-refractivity contribution in [3.8, 4) is 5.75 Å². The molecule has 0 aliphatic rings. The molecule has 1 amide bonds. The first kappa shape index (κ1) is 15.4. The first-order chi connectivity index (χ1) is 9.60. The Balaban J connectivity index is 2.17. The highest BCUT2D eigenvalue weighted by Crippen LogP contribution is 2.36. The number of amides is 1. The molecule has 0 atom stereocenters. The Morgan fingerprint density at radius 2 is 2.30 bits per heavy atom. The van der Waals surface area contributed by atoms with E-state index in [1.54, 1.807) is 23.5 Å². The molecule has 0 unspecified atom stereocenters. The van der Waals surface area contributed by atoms with Crippen LogP contribution in [0.15, 0.2) is 33.4 Å². The van der Waals surface area contributed by atoms with Gasteiger partial charge in [0.15, 0.2) is 5.75 Å². The normalized spacial score (nSPS) is 10.3. The average Bonchev–Trinajstić information content (AvgIpc) is 2.86. The molecule has 1 aromatic carbocycles. The lowest BCUT2D eigenvalue weighted by Crippen LogP contribution is -2.15. The van der Waals surface area contributed by atoms with E-state index in [1.165, 1.54) is 0 Å². The maximum absolute atomic E-state index is 12.0. The fraction of sp³-hybridized carbons (Fsp3) is 0.214. The van der Waals surface area contributed by atoms with Crippen LogP contribution >= 0.6 is 38.9 Å². The highest BCUT2D eigenvalue weighted by atomic mass is 79.9. The fourth-order valence-electron chi connectivity index (χ4n) is 1.72. The quantitative estimate of drug-likeness (QED) is 0.820. The minimum Gasteiger partial charge on any atom is -0.491 e. The second-order valence-electron chi connectivity index (χ2n) is 4.05. The van der Waals surface area contributed by atoms with Gasteiger partial charge >= 0.3 is 0 Å². The van der Waals surface area contributed by atoms with Crippen molar-refractivity contribution in [2.75, 3.05) is 11.9 Å². The van der Waals surface area contributed by atoms with E-state index in [0.29, 0.717) is 29.5 Å². The predicted molar refractivity (Wildman–Crippen MR) is 87.0 cm³/mol. The summed E-state index contributed by atoms with van der Waals surface area (Å²) in [5.74, 6) is 0.495. The molecule has 20 heavy (non-hydrogen) atoms. The Bertz CT molecular complexity index is 601. The third-order valence-corrected chi connectivity index (χ3v) is 4.06. The van der Waals surface area contributed by atoms with Gasteiger partial charge in [-0.3, -0.25) is 4.79 Å². The van der Waals surface area contributed by atoms with Crippen molar-refractivity contribution in [2.24, 2.45) is 0 Å². The lowest BCUT2D eigenvalue weighted by molar-refractivity contribution is -0.115.